The topological polar surface area (TPSA) is 118 Å². The van der Waals surface area contributed by atoms with E-state index in [1.165, 1.54) is 12.1 Å². The van der Waals surface area contributed by atoms with Gasteiger partial charge in [-0.05, 0) is 31.2 Å². The van der Waals surface area contributed by atoms with Crippen molar-refractivity contribution >= 4 is 22.9 Å². The van der Waals surface area contributed by atoms with Crippen molar-refractivity contribution in [3.8, 4) is 11.4 Å². The Balaban J connectivity index is 1.83. The molecule has 0 bridgehead atoms. The standard InChI is InChI=1S/C17H14F3N5O5/c1-2-29-13(27)7-11(26)8-24-9-21-15-14(16(24)28)22-23-25(15)10-3-5-12(6-4-10)30-17(18,19)20/h3-6,9H,2,7-8H2,1H3. The summed E-state index contributed by atoms with van der Waals surface area (Å²) < 4.78 is 47.4. The van der Waals surface area contributed by atoms with Gasteiger partial charge in [-0.1, -0.05) is 5.21 Å². The number of carbonyl (C=O) groups is 2. The van der Waals surface area contributed by atoms with Crippen molar-refractivity contribution in [1.29, 1.82) is 0 Å². The first-order valence-electron chi connectivity index (χ1n) is 8.52. The molecule has 0 saturated carbocycles. The molecule has 0 aliphatic rings. The van der Waals surface area contributed by atoms with E-state index in [0.29, 0.717) is 0 Å². The smallest absolute Gasteiger partial charge is 0.466 e. The summed E-state index contributed by atoms with van der Waals surface area (Å²) in [6, 6.07) is 4.72. The molecule has 1 aromatic carbocycles. The molecule has 13 heteroatoms. The van der Waals surface area contributed by atoms with Crippen molar-refractivity contribution < 1.29 is 32.2 Å². The first kappa shape index (κ1) is 21.0. The fourth-order valence-corrected chi connectivity index (χ4v) is 2.54. The Morgan fingerprint density at radius 1 is 1.17 bits per heavy atom. The molecule has 3 rings (SSSR count). The van der Waals surface area contributed by atoms with Crippen molar-refractivity contribution in [2.75, 3.05) is 6.61 Å². The van der Waals surface area contributed by atoms with Crippen molar-refractivity contribution in [3.05, 3.63) is 40.9 Å². The van der Waals surface area contributed by atoms with Crippen molar-refractivity contribution in [3.63, 3.8) is 0 Å². The third-order valence-electron chi connectivity index (χ3n) is 3.74. The number of Topliss-reactive ketones (excluding diaryl/α,β-unsaturated/α-hetero) is 1. The van der Waals surface area contributed by atoms with Crippen LogP contribution in [-0.2, 0) is 20.9 Å². The van der Waals surface area contributed by atoms with Gasteiger partial charge in [-0.3, -0.25) is 19.0 Å². The number of ether oxygens (including phenoxy) is 2. The minimum absolute atomic E-state index is 0.0404. The van der Waals surface area contributed by atoms with Crippen LogP contribution in [0.1, 0.15) is 13.3 Å². The maximum atomic E-state index is 12.5. The maximum Gasteiger partial charge on any atom is 0.573 e. The summed E-state index contributed by atoms with van der Waals surface area (Å²) >= 11 is 0. The number of ketones is 1. The number of alkyl halides is 3. The molecular formula is C17H14F3N5O5. The fourth-order valence-electron chi connectivity index (χ4n) is 2.54. The van der Waals surface area contributed by atoms with Gasteiger partial charge in [0, 0.05) is 0 Å². The van der Waals surface area contributed by atoms with Gasteiger partial charge in [0.25, 0.3) is 5.56 Å². The van der Waals surface area contributed by atoms with E-state index in [4.69, 9.17) is 0 Å². The lowest BCUT2D eigenvalue weighted by Crippen LogP contribution is -2.26. The van der Waals surface area contributed by atoms with Gasteiger partial charge in [0.1, 0.15) is 18.5 Å². The number of esters is 1. The Labute approximate surface area is 165 Å². The zero-order valence-corrected chi connectivity index (χ0v) is 15.4. The van der Waals surface area contributed by atoms with Gasteiger partial charge >= 0.3 is 12.3 Å². The van der Waals surface area contributed by atoms with E-state index in [2.05, 4.69) is 24.8 Å². The van der Waals surface area contributed by atoms with E-state index in [0.717, 1.165) is 27.7 Å². The Morgan fingerprint density at radius 3 is 2.50 bits per heavy atom. The zero-order valence-electron chi connectivity index (χ0n) is 15.4. The molecule has 3 aromatic rings. The normalized spacial score (nSPS) is 11.5. The highest BCUT2D eigenvalue weighted by molar-refractivity contribution is 5.95. The number of halogens is 3. The lowest BCUT2D eigenvalue weighted by atomic mass is 10.3. The lowest BCUT2D eigenvalue weighted by Gasteiger charge is -2.09. The van der Waals surface area contributed by atoms with Crippen molar-refractivity contribution in [2.24, 2.45) is 0 Å². The van der Waals surface area contributed by atoms with Crippen LogP contribution < -0.4 is 10.3 Å². The van der Waals surface area contributed by atoms with E-state index in [1.54, 1.807) is 6.92 Å². The fraction of sp³-hybridized carbons (Fsp3) is 0.294. The Morgan fingerprint density at radius 2 is 1.87 bits per heavy atom. The van der Waals surface area contributed by atoms with Gasteiger partial charge in [0.05, 0.1) is 18.8 Å². The molecule has 0 spiro atoms. The molecule has 0 amide bonds. The lowest BCUT2D eigenvalue weighted by molar-refractivity contribution is -0.274. The van der Waals surface area contributed by atoms with Gasteiger partial charge in [-0.15, -0.1) is 18.3 Å². The van der Waals surface area contributed by atoms with E-state index in [1.807, 2.05) is 0 Å². The predicted octanol–water partition coefficient (Wildman–Crippen LogP) is 1.40. The van der Waals surface area contributed by atoms with Crippen LogP contribution in [0.3, 0.4) is 0 Å². The predicted molar refractivity (Wildman–Crippen MR) is 93.9 cm³/mol. The summed E-state index contributed by atoms with van der Waals surface area (Å²) in [5.41, 5.74) is -0.494. The minimum Gasteiger partial charge on any atom is -0.466 e. The maximum absolute atomic E-state index is 12.5. The number of hydrogen-bond donors (Lipinski definition) is 0. The van der Waals surface area contributed by atoms with Crippen molar-refractivity contribution in [1.82, 2.24) is 24.5 Å². The number of fused-ring (bicyclic) bond motifs is 1. The first-order valence-corrected chi connectivity index (χ1v) is 8.52. The van der Waals surface area contributed by atoms with E-state index >= 15 is 0 Å². The number of hydrogen-bond acceptors (Lipinski definition) is 8. The summed E-state index contributed by atoms with van der Waals surface area (Å²) in [5, 5.41) is 7.53. The monoisotopic (exact) mass is 425 g/mol. The molecule has 0 aliphatic heterocycles. The van der Waals surface area contributed by atoms with E-state index in [9.17, 15) is 27.6 Å². The molecule has 0 atom stereocenters. The van der Waals surface area contributed by atoms with Crippen LogP contribution in [0.25, 0.3) is 16.9 Å². The summed E-state index contributed by atoms with van der Waals surface area (Å²) in [6.45, 7) is 1.33. The average Bonchev–Trinajstić information content (AvgIpc) is 3.08. The molecule has 0 N–H and O–H groups in total. The van der Waals surface area contributed by atoms with Crippen LogP contribution in [0.2, 0.25) is 0 Å². The third-order valence-corrected chi connectivity index (χ3v) is 3.74. The third kappa shape index (κ3) is 4.79. The Hall–Kier alpha value is -3.77. The van der Waals surface area contributed by atoms with Crippen LogP contribution in [0.15, 0.2) is 35.4 Å². The molecule has 0 radical (unpaired) electrons. The van der Waals surface area contributed by atoms with Gasteiger partial charge in [-0.2, -0.15) is 4.68 Å². The summed E-state index contributed by atoms with van der Waals surface area (Å²) in [4.78, 5) is 39.9. The Bertz CT molecular complexity index is 1140. The molecular weight excluding hydrogens is 411 g/mol. The number of carbonyl (C=O) groups excluding carboxylic acids is 2. The largest absolute Gasteiger partial charge is 0.573 e. The highest BCUT2D eigenvalue weighted by atomic mass is 19.4. The van der Waals surface area contributed by atoms with E-state index in [-0.39, 0.29) is 23.5 Å². The molecule has 0 saturated heterocycles. The van der Waals surface area contributed by atoms with Crippen LogP contribution >= 0.6 is 0 Å². The van der Waals surface area contributed by atoms with Crippen LogP contribution in [0.4, 0.5) is 13.2 Å². The highest BCUT2D eigenvalue weighted by Crippen LogP contribution is 2.24. The average molecular weight is 425 g/mol. The van der Waals surface area contributed by atoms with Crippen LogP contribution in [0, 0.1) is 0 Å². The quantitative estimate of drug-likeness (QED) is 0.412. The molecule has 2 aromatic heterocycles. The SMILES string of the molecule is CCOC(=O)CC(=O)Cn1cnc2c(nnn2-c2ccc(OC(F)(F)F)cc2)c1=O. The van der Waals surface area contributed by atoms with Gasteiger partial charge in [0.2, 0.25) is 0 Å². The number of aromatic nitrogens is 5. The first-order chi connectivity index (χ1) is 14.2. The minimum atomic E-state index is -4.82. The molecule has 0 fully saturated rings. The zero-order chi connectivity index (χ0) is 21.9. The summed E-state index contributed by atoms with van der Waals surface area (Å²) in [5.74, 6) is -1.68. The molecule has 158 valence electrons. The number of rotatable bonds is 7. The van der Waals surface area contributed by atoms with Crippen LogP contribution in [-0.4, -0.2) is 49.3 Å². The summed E-state index contributed by atoms with van der Waals surface area (Å²) in [6.07, 6.45) is -4.22. The Kier molecular flexibility index (Phi) is 5.80. The summed E-state index contributed by atoms with van der Waals surface area (Å²) in [7, 11) is 0. The van der Waals surface area contributed by atoms with Crippen LogP contribution in [0.5, 0.6) is 5.75 Å². The van der Waals surface area contributed by atoms with Gasteiger partial charge < -0.3 is 9.47 Å². The highest BCUT2D eigenvalue weighted by Gasteiger charge is 2.31. The second kappa shape index (κ2) is 8.31. The molecule has 10 nitrogen and oxygen atoms in total. The molecule has 0 aliphatic carbocycles. The van der Waals surface area contributed by atoms with Crippen molar-refractivity contribution in [2.45, 2.75) is 26.3 Å². The molecule has 30 heavy (non-hydrogen) atoms. The van der Waals surface area contributed by atoms with E-state index < -0.39 is 42.4 Å². The second-order valence-corrected chi connectivity index (χ2v) is 5.91. The number of nitrogens with zero attached hydrogens (tertiary/aromatic N) is 5. The van der Waals surface area contributed by atoms with Gasteiger partial charge in [0.15, 0.2) is 16.9 Å². The molecule has 2 heterocycles. The molecule has 0 unspecified atom stereocenters. The second-order valence-electron chi connectivity index (χ2n) is 5.91. The number of benzene rings is 1. The van der Waals surface area contributed by atoms with Gasteiger partial charge in [-0.25, -0.2) is 4.98 Å².